The zero-order valence-corrected chi connectivity index (χ0v) is 16.1. The van der Waals surface area contributed by atoms with Crippen LogP contribution in [0.3, 0.4) is 0 Å². The molecule has 29 heavy (non-hydrogen) atoms. The number of aromatic nitrogens is 4. The second-order valence-corrected chi connectivity index (χ2v) is 7.66. The standard InChI is InChI=1S/C21H15N5O2S/c1-26-16-6-2-12(14-4-8-20(27)24-22-14)10-18(16)29-19-11-13(3-7-17(19)26)15-5-9-21(28)25-23-15/h2-11H,1H3,(H,24,27)(H,25,28). The fourth-order valence-corrected chi connectivity index (χ4v) is 4.50. The average molecular weight is 401 g/mol. The summed E-state index contributed by atoms with van der Waals surface area (Å²) in [5.74, 6) is -0.195. The molecule has 0 saturated carbocycles. The van der Waals surface area contributed by atoms with Gasteiger partial charge in [0.25, 0.3) is 0 Å². The molecule has 8 heteroatoms. The lowest BCUT2D eigenvalue weighted by molar-refractivity contribution is 0.445. The van der Waals surface area contributed by atoms with E-state index >= 15 is 0 Å². The maximum absolute atomic E-state index is 9.37. The number of hydrogen-bond acceptors (Lipinski definition) is 8. The lowest BCUT2D eigenvalue weighted by Crippen LogP contribution is -2.14. The van der Waals surface area contributed by atoms with Crippen LogP contribution in [0.5, 0.6) is 11.8 Å². The van der Waals surface area contributed by atoms with Crippen LogP contribution in [0.15, 0.2) is 70.5 Å². The number of fused-ring (bicyclic) bond motifs is 2. The van der Waals surface area contributed by atoms with E-state index in [9.17, 15) is 10.2 Å². The number of rotatable bonds is 2. The molecule has 3 heterocycles. The van der Waals surface area contributed by atoms with Crippen molar-refractivity contribution in [3.63, 3.8) is 0 Å². The van der Waals surface area contributed by atoms with Gasteiger partial charge in [0.15, 0.2) is 0 Å². The lowest BCUT2D eigenvalue weighted by Gasteiger charge is -2.30. The summed E-state index contributed by atoms with van der Waals surface area (Å²) in [4.78, 5) is 4.35. The molecule has 142 valence electrons. The van der Waals surface area contributed by atoms with E-state index in [1.54, 1.807) is 23.9 Å². The molecule has 0 saturated heterocycles. The second kappa shape index (κ2) is 6.75. The monoisotopic (exact) mass is 401 g/mol. The van der Waals surface area contributed by atoms with E-state index in [4.69, 9.17) is 0 Å². The third-order valence-electron chi connectivity index (χ3n) is 4.75. The smallest absolute Gasteiger partial charge is 0.230 e. The van der Waals surface area contributed by atoms with E-state index in [-0.39, 0.29) is 11.8 Å². The van der Waals surface area contributed by atoms with Crippen LogP contribution in [0.4, 0.5) is 11.4 Å². The van der Waals surface area contributed by atoms with Crippen molar-refractivity contribution in [2.45, 2.75) is 9.79 Å². The van der Waals surface area contributed by atoms with Crippen LogP contribution in [0.25, 0.3) is 22.5 Å². The molecular formula is C21H15N5O2S. The van der Waals surface area contributed by atoms with E-state index in [0.29, 0.717) is 11.4 Å². The van der Waals surface area contributed by atoms with Gasteiger partial charge in [-0.05, 0) is 36.4 Å². The second-order valence-electron chi connectivity index (χ2n) is 6.58. The molecule has 5 rings (SSSR count). The Bertz CT molecular complexity index is 1120. The Kier molecular flexibility index (Phi) is 4.06. The summed E-state index contributed by atoms with van der Waals surface area (Å²) in [7, 11) is 2.04. The minimum Gasteiger partial charge on any atom is -0.492 e. The van der Waals surface area contributed by atoms with Crippen molar-refractivity contribution >= 4 is 23.1 Å². The van der Waals surface area contributed by atoms with Crippen LogP contribution >= 0.6 is 11.8 Å². The summed E-state index contributed by atoms with van der Waals surface area (Å²) < 4.78 is 0. The van der Waals surface area contributed by atoms with Gasteiger partial charge in [0.1, 0.15) is 0 Å². The van der Waals surface area contributed by atoms with Gasteiger partial charge < -0.3 is 15.1 Å². The molecule has 1 aliphatic heterocycles. The van der Waals surface area contributed by atoms with E-state index < -0.39 is 0 Å². The first-order valence-electron chi connectivity index (χ1n) is 8.84. The zero-order chi connectivity index (χ0) is 20.0. The quantitative estimate of drug-likeness (QED) is 0.515. The van der Waals surface area contributed by atoms with Gasteiger partial charge in [-0.1, -0.05) is 23.9 Å². The fraction of sp³-hybridized carbons (Fsp3) is 0.0476. The molecule has 0 radical (unpaired) electrons. The highest BCUT2D eigenvalue weighted by Gasteiger charge is 2.22. The van der Waals surface area contributed by atoms with E-state index in [0.717, 1.165) is 32.3 Å². The summed E-state index contributed by atoms with van der Waals surface area (Å²) in [6.45, 7) is 0. The van der Waals surface area contributed by atoms with Gasteiger partial charge in [-0.15, -0.1) is 20.4 Å². The maximum atomic E-state index is 9.37. The molecule has 0 atom stereocenters. The minimum atomic E-state index is -0.0976. The lowest BCUT2D eigenvalue weighted by atomic mass is 10.1. The third-order valence-corrected chi connectivity index (χ3v) is 5.85. The number of nitrogens with zero attached hydrogens (tertiary/aromatic N) is 5. The molecule has 4 aromatic rings. The van der Waals surface area contributed by atoms with Crippen molar-refractivity contribution in [3.8, 4) is 34.3 Å². The summed E-state index contributed by atoms with van der Waals surface area (Å²) in [5, 5.41) is 34.3. The predicted molar refractivity (Wildman–Crippen MR) is 110 cm³/mol. The summed E-state index contributed by atoms with van der Waals surface area (Å²) >= 11 is 1.67. The highest BCUT2D eigenvalue weighted by atomic mass is 32.2. The summed E-state index contributed by atoms with van der Waals surface area (Å²) in [6, 6.07) is 18.8. The van der Waals surface area contributed by atoms with E-state index in [1.807, 2.05) is 19.2 Å². The Morgan fingerprint density at radius 1 is 0.655 bits per heavy atom. The minimum absolute atomic E-state index is 0.0976. The van der Waals surface area contributed by atoms with E-state index in [1.165, 1.54) is 12.1 Å². The fourth-order valence-electron chi connectivity index (χ4n) is 3.27. The molecule has 0 bridgehead atoms. The average Bonchev–Trinajstić information content (AvgIpc) is 2.74. The molecule has 0 amide bonds. The first-order chi connectivity index (χ1) is 14.1. The van der Waals surface area contributed by atoms with Gasteiger partial charge in [-0.2, -0.15) is 0 Å². The first kappa shape index (κ1) is 17.4. The highest BCUT2D eigenvalue weighted by molar-refractivity contribution is 7.99. The van der Waals surface area contributed by atoms with Gasteiger partial charge in [-0.25, -0.2) is 0 Å². The van der Waals surface area contributed by atoms with Crippen molar-refractivity contribution in [2.24, 2.45) is 0 Å². The number of hydrogen-bond donors (Lipinski definition) is 2. The Labute approximate surface area is 170 Å². The number of aromatic hydroxyl groups is 2. The molecule has 2 N–H and O–H groups in total. The largest absolute Gasteiger partial charge is 0.492 e. The zero-order valence-electron chi connectivity index (χ0n) is 15.3. The molecule has 1 aliphatic rings. The summed E-state index contributed by atoms with van der Waals surface area (Å²) in [5.41, 5.74) is 5.48. The first-order valence-corrected chi connectivity index (χ1v) is 9.66. The highest BCUT2D eigenvalue weighted by Crippen LogP contribution is 2.49. The normalized spacial score (nSPS) is 12.4. The van der Waals surface area contributed by atoms with E-state index in [2.05, 4.69) is 49.6 Å². The molecule has 2 aromatic carbocycles. The van der Waals surface area contributed by atoms with Gasteiger partial charge in [0.05, 0.1) is 22.8 Å². The Morgan fingerprint density at radius 2 is 1.14 bits per heavy atom. The summed E-state index contributed by atoms with van der Waals surface area (Å²) in [6.07, 6.45) is 0. The van der Waals surface area contributed by atoms with Gasteiger partial charge in [-0.3, -0.25) is 0 Å². The maximum Gasteiger partial charge on any atom is 0.230 e. The van der Waals surface area contributed by atoms with Crippen molar-refractivity contribution < 1.29 is 10.2 Å². The van der Waals surface area contributed by atoms with Crippen molar-refractivity contribution in [1.82, 2.24) is 20.4 Å². The molecule has 0 spiro atoms. The van der Waals surface area contributed by atoms with Crippen LogP contribution < -0.4 is 4.90 Å². The Balaban J connectivity index is 1.53. The van der Waals surface area contributed by atoms with Crippen LogP contribution in [0.1, 0.15) is 0 Å². The van der Waals surface area contributed by atoms with Crippen molar-refractivity contribution in [2.75, 3.05) is 11.9 Å². The van der Waals surface area contributed by atoms with Crippen molar-refractivity contribution in [3.05, 3.63) is 60.7 Å². The number of benzene rings is 2. The number of anilines is 2. The van der Waals surface area contributed by atoms with Gasteiger partial charge >= 0.3 is 0 Å². The molecule has 0 fully saturated rings. The van der Waals surface area contributed by atoms with Crippen molar-refractivity contribution in [1.29, 1.82) is 0 Å². The van der Waals surface area contributed by atoms with Gasteiger partial charge in [0.2, 0.25) is 11.8 Å². The van der Waals surface area contributed by atoms with Crippen LogP contribution in [0.2, 0.25) is 0 Å². The molecule has 2 aromatic heterocycles. The molecular weight excluding hydrogens is 386 g/mol. The molecule has 0 aliphatic carbocycles. The predicted octanol–water partition coefficient (Wildman–Crippen LogP) is 4.24. The molecule has 7 nitrogen and oxygen atoms in total. The van der Waals surface area contributed by atoms with Crippen LogP contribution in [-0.2, 0) is 0 Å². The van der Waals surface area contributed by atoms with Gasteiger partial charge in [0, 0.05) is 40.1 Å². The Morgan fingerprint density at radius 3 is 1.55 bits per heavy atom. The SMILES string of the molecule is CN1c2ccc(-c3ccc(O)nn3)cc2Sc2cc(-c3ccc(O)nn3)ccc21. The Hall–Kier alpha value is -3.65. The van der Waals surface area contributed by atoms with Crippen LogP contribution in [-0.4, -0.2) is 37.7 Å². The third kappa shape index (κ3) is 3.13. The van der Waals surface area contributed by atoms with Crippen LogP contribution in [0, 0.1) is 0 Å². The topological polar surface area (TPSA) is 95.3 Å². The molecule has 0 unspecified atom stereocenters.